The zero-order valence-corrected chi connectivity index (χ0v) is 15.6. The van der Waals surface area contributed by atoms with Crippen LogP contribution in [0.15, 0.2) is 29.1 Å². The summed E-state index contributed by atoms with van der Waals surface area (Å²) in [7, 11) is 3.49. The molecule has 0 spiro atoms. The molecule has 8 heteroatoms. The van der Waals surface area contributed by atoms with Crippen molar-refractivity contribution in [2.24, 2.45) is 13.0 Å². The van der Waals surface area contributed by atoms with Crippen molar-refractivity contribution in [3.63, 3.8) is 0 Å². The molecule has 1 saturated heterocycles. The smallest absolute Gasteiger partial charge is 0.296 e. The van der Waals surface area contributed by atoms with Gasteiger partial charge < -0.3 is 10.4 Å². The zero-order valence-electron chi connectivity index (χ0n) is 15.6. The van der Waals surface area contributed by atoms with Crippen molar-refractivity contribution in [2.75, 3.05) is 13.6 Å². The highest BCUT2D eigenvalue weighted by atomic mass is 19.1. The summed E-state index contributed by atoms with van der Waals surface area (Å²) in [5.74, 6) is -0.787. The van der Waals surface area contributed by atoms with Crippen LogP contribution in [0.1, 0.15) is 41.3 Å². The number of nitrogens with one attached hydrogen (secondary N) is 1. The molecule has 0 radical (unpaired) electrons. The van der Waals surface area contributed by atoms with E-state index < -0.39 is 17.2 Å². The first-order chi connectivity index (χ1) is 12.8. The van der Waals surface area contributed by atoms with Gasteiger partial charge in [-0.05, 0) is 37.1 Å². The van der Waals surface area contributed by atoms with Crippen LogP contribution in [0, 0.1) is 11.7 Å². The molecule has 2 atom stereocenters. The number of halogens is 1. The second-order valence-corrected chi connectivity index (χ2v) is 7.14. The Morgan fingerprint density at radius 3 is 2.59 bits per heavy atom. The summed E-state index contributed by atoms with van der Waals surface area (Å²) in [4.78, 5) is 31.3. The Bertz CT molecular complexity index is 910. The second-order valence-electron chi connectivity index (χ2n) is 7.14. The molecule has 2 aromatic rings. The van der Waals surface area contributed by atoms with Crippen molar-refractivity contribution in [1.82, 2.24) is 19.8 Å². The molecule has 1 aliphatic rings. The fourth-order valence-corrected chi connectivity index (χ4v) is 3.49. The zero-order chi connectivity index (χ0) is 19.7. The Hall–Kier alpha value is -2.74. The van der Waals surface area contributed by atoms with E-state index in [0.717, 1.165) is 13.0 Å². The summed E-state index contributed by atoms with van der Waals surface area (Å²) in [6.07, 6.45) is 0.818. The van der Waals surface area contributed by atoms with Crippen molar-refractivity contribution in [3.05, 3.63) is 57.5 Å². The number of aromatic hydroxyl groups is 1. The van der Waals surface area contributed by atoms with Gasteiger partial charge in [0.2, 0.25) is 5.75 Å². The Morgan fingerprint density at radius 1 is 1.33 bits per heavy atom. The Labute approximate surface area is 156 Å². The first kappa shape index (κ1) is 19.0. The van der Waals surface area contributed by atoms with Crippen molar-refractivity contribution in [1.29, 1.82) is 0 Å². The van der Waals surface area contributed by atoms with Crippen LogP contribution < -0.4 is 10.9 Å². The van der Waals surface area contributed by atoms with Gasteiger partial charge in [0, 0.05) is 20.1 Å². The summed E-state index contributed by atoms with van der Waals surface area (Å²) >= 11 is 0. The lowest BCUT2D eigenvalue weighted by atomic mass is 10.1. The molecule has 0 unspecified atom stereocenters. The quantitative estimate of drug-likeness (QED) is 0.848. The third-order valence-corrected chi connectivity index (χ3v) is 4.94. The van der Waals surface area contributed by atoms with Crippen molar-refractivity contribution >= 4 is 5.91 Å². The number of carbonyl (C=O) groups excluding carboxylic acids is 1. The third-order valence-electron chi connectivity index (χ3n) is 4.94. The van der Waals surface area contributed by atoms with Crippen LogP contribution in [0.25, 0.3) is 0 Å². The number of nitrogens with zero attached hydrogens (tertiary/aromatic N) is 3. The predicted molar refractivity (Wildman–Crippen MR) is 97.9 cm³/mol. The minimum Gasteiger partial charge on any atom is -0.501 e. The van der Waals surface area contributed by atoms with Crippen LogP contribution in [0.5, 0.6) is 5.75 Å². The van der Waals surface area contributed by atoms with Gasteiger partial charge in [0.25, 0.3) is 11.5 Å². The molecule has 0 bridgehead atoms. The molecule has 1 aliphatic heterocycles. The van der Waals surface area contributed by atoms with E-state index in [0.29, 0.717) is 17.3 Å². The number of rotatable bonds is 4. The van der Waals surface area contributed by atoms with Gasteiger partial charge in [0.1, 0.15) is 11.6 Å². The molecule has 0 saturated carbocycles. The van der Waals surface area contributed by atoms with Gasteiger partial charge in [0.15, 0.2) is 5.69 Å². The largest absolute Gasteiger partial charge is 0.501 e. The van der Waals surface area contributed by atoms with Crippen molar-refractivity contribution in [2.45, 2.75) is 25.9 Å². The van der Waals surface area contributed by atoms with Crippen LogP contribution >= 0.6 is 0 Å². The molecule has 0 aliphatic carbocycles. The maximum absolute atomic E-state index is 13.0. The van der Waals surface area contributed by atoms with E-state index in [9.17, 15) is 19.1 Å². The van der Waals surface area contributed by atoms with Gasteiger partial charge >= 0.3 is 0 Å². The molecule has 144 valence electrons. The lowest BCUT2D eigenvalue weighted by molar-refractivity contribution is 0.0941. The molecular formula is C19H23FN4O3. The Balaban J connectivity index is 1.87. The fourth-order valence-electron chi connectivity index (χ4n) is 3.49. The molecule has 7 nitrogen and oxygen atoms in total. The topological polar surface area (TPSA) is 87.5 Å². The summed E-state index contributed by atoms with van der Waals surface area (Å²) < 4.78 is 14.3. The fraction of sp³-hybridized carbons (Fsp3) is 0.421. The van der Waals surface area contributed by atoms with E-state index in [2.05, 4.69) is 22.1 Å². The van der Waals surface area contributed by atoms with Gasteiger partial charge in [-0.15, -0.1) is 0 Å². The monoisotopic (exact) mass is 374 g/mol. The van der Waals surface area contributed by atoms with Crippen LogP contribution in [0.3, 0.4) is 0 Å². The average Bonchev–Trinajstić information content (AvgIpc) is 2.97. The first-order valence-electron chi connectivity index (χ1n) is 8.80. The van der Waals surface area contributed by atoms with E-state index in [4.69, 9.17) is 0 Å². The average molecular weight is 374 g/mol. The number of aromatic nitrogens is 2. The maximum Gasteiger partial charge on any atom is 0.296 e. The van der Waals surface area contributed by atoms with Gasteiger partial charge in [-0.1, -0.05) is 19.1 Å². The molecular weight excluding hydrogens is 351 g/mol. The normalized spacial score (nSPS) is 20.0. The summed E-state index contributed by atoms with van der Waals surface area (Å²) in [6.45, 7) is 3.12. The summed E-state index contributed by atoms with van der Waals surface area (Å²) in [5, 5.41) is 12.8. The molecule has 1 fully saturated rings. The second kappa shape index (κ2) is 7.48. The Kier molecular flexibility index (Phi) is 5.27. The van der Waals surface area contributed by atoms with E-state index >= 15 is 0 Å². The molecule has 27 heavy (non-hydrogen) atoms. The van der Waals surface area contributed by atoms with Crippen LogP contribution in [-0.2, 0) is 13.6 Å². The minimum atomic E-state index is -0.674. The van der Waals surface area contributed by atoms with Crippen molar-refractivity contribution in [3.8, 4) is 5.75 Å². The number of benzene rings is 1. The molecule has 2 heterocycles. The lowest BCUT2D eigenvalue weighted by Crippen LogP contribution is -2.33. The first-order valence-corrected chi connectivity index (χ1v) is 8.80. The highest BCUT2D eigenvalue weighted by Crippen LogP contribution is 2.32. The van der Waals surface area contributed by atoms with Gasteiger partial charge in [0.05, 0.1) is 6.04 Å². The van der Waals surface area contributed by atoms with Crippen LogP contribution in [-0.4, -0.2) is 39.1 Å². The number of hydrogen-bond donors (Lipinski definition) is 2. The van der Waals surface area contributed by atoms with E-state index in [1.807, 2.05) is 7.05 Å². The molecule has 1 amide bonds. The third kappa shape index (κ3) is 3.85. The lowest BCUT2D eigenvalue weighted by Gasteiger charge is -2.21. The van der Waals surface area contributed by atoms with Crippen LogP contribution in [0.4, 0.5) is 4.39 Å². The SMILES string of the molecule is C[C@H]1C[C@@H](c2nc(C(=O)NCc3ccc(F)cc3)c(O)c(=O)n2C)N(C)C1. The highest BCUT2D eigenvalue weighted by Gasteiger charge is 2.32. The molecule has 3 rings (SSSR count). The predicted octanol–water partition coefficient (Wildman–Crippen LogP) is 1.57. The van der Waals surface area contributed by atoms with Gasteiger partial charge in [-0.2, -0.15) is 0 Å². The molecule has 1 aromatic heterocycles. The maximum atomic E-state index is 13.0. The van der Waals surface area contributed by atoms with E-state index in [1.54, 1.807) is 19.2 Å². The van der Waals surface area contributed by atoms with Crippen molar-refractivity contribution < 1.29 is 14.3 Å². The number of likely N-dealkylation sites (tertiary alicyclic amines) is 1. The summed E-state index contributed by atoms with van der Waals surface area (Å²) in [5.41, 5.74) is -0.249. The standard InChI is InChI=1S/C19H23FN4O3/c1-11-8-14(23(2)10-11)17-22-15(16(25)19(27)24(17)3)18(26)21-9-12-4-6-13(20)7-5-12/h4-7,11,14,25H,8-10H2,1-3H3,(H,21,26)/t11-,14-/m0/s1. The Morgan fingerprint density at radius 2 is 2.00 bits per heavy atom. The van der Waals surface area contributed by atoms with Crippen LogP contribution in [0.2, 0.25) is 0 Å². The van der Waals surface area contributed by atoms with Gasteiger partial charge in [-0.3, -0.25) is 19.1 Å². The summed E-state index contributed by atoms with van der Waals surface area (Å²) in [6, 6.07) is 5.59. The minimum absolute atomic E-state index is 0.0954. The highest BCUT2D eigenvalue weighted by molar-refractivity contribution is 5.94. The number of hydrogen-bond acceptors (Lipinski definition) is 5. The molecule has 2 N–H and O–H groups in total. The number of amides is 1. The number of carbonyl (C=O) groups is 1. The van der Waals surface area contributed by atoms with E-state index in [1.165, 1.54) is 16.7 Å². The molecule has 1 aromatic carbocycles. The van der Waals surface area contributed by atoms with Gasteiger partial charge in [-0.25, -0.2) is 9.37 Å². The van der Waals surface area contributed by atoms with E-state index in [-0.39, 0.29) is 24.1 Å².